The summed E-state index contributed by atoms with van der Waals surface area (Å²) < 4.78 is 36.3. The average Bonchev–Trinajstić information content (AvgIpc) is 3.68. The summed E-state index contributed by atoms with van der Waals surface area (Å²) in [6.07, 6.45) is 2.09. The van der Waals surface area contributed by atoms with Gasteiger partial charge < -0.3 is 24.6 Å². The molecule has 2 aliphatic rings. The van der Waals surface area contributed by atoms with Gasteiger partial charge in [0.2, 0.25) is 5.91 Å². The minimum absolute atomic E-state index is 0.0216. The van der Waals surface area contributed by atoms with Gasteiger partial charge in [0.05, 0.1) is 18.6 Å². The molecule has 2 aromatic rings. The third-order valence-corrected chi connectivity index (χ3v) is 7.46. The van der Waals surface area contributed by atoms with Crippen LogP contribution in [-0.2, 0) is 16.0 Å². The molecule has 1 saturated carbocycles. The number of benzene rings is 2. The van der Waals surface area contributed by atoms with Crippen LogP contribution in [0.1, 0.15) is 67.4 Å². The van der Waals surface area contributed by atoms with Crippen LogP contribution in [0.25, 0.3) is 0 Å². The molecule has 2 fully saturated rings. The SMILES string of the molecule is COCCCOc1cc(C(=O)N(C)C(C)C)ccc1C(F)F.O=C(Cc1ccccc1)N(CC1CCNC1)C1CC1. The van der Waals surface area contributed by atoms with Crippen LogP contribution in [0.2, 0.25) is 0 Å². The largest absolute Gasteiger partial charge is 0.493 e. The zero-order valence-corrected chi connectivity index (χ0v) is 24.8. The summed E-state index contributed by atoms with van der Waals surface area (Å²) in [5, 5.41) is 3.39. The van der Waals surface area contributed by atoms with Crippen molar-refractivity contribution in [2.24, 2.45) is 5.92 Å². The maximum absolute atomic E-state index is 13.0. The molecule has 41 heavy (non-hydrogen) atoms. The van der Waals surface area contributed by atoms with Gasteiger partial charge in [0.15, 0.2) is 0 Å². The van der Waals surface area contributed by atoms with Crippen molar-refractivity contribution < 1.29 is 27.8 Å². The molecule has 7 nitrogen and oxygen atoms in total. The van der Waals surface area contributed by atoms with Crippen LogP contribution < -0.4 is 10.1 Å². The third kappa shape index (κ3) is 10.4. The first-order valence-corrected chi connectivity index (χ1v) is 14.6. The summed E-state index contributed by atoms with van der Waals surface area (Å²) in [7, 11) is 3.23. The molecular formula is C32H45F2N3O4. The summed E-state index contributed by atoms with van der Waals surface area (Å²) >= 11 is 0. The number of amides is 2. The molecule has 1 aliphatic carbocycles. The lowest BCUT2D eigenvalue weighted by molar-refractivity contribution is -0.131. The van der Waals surface area contributed by atoms with Crippen molar-refractivity contribution in [1.82, 2.24) is 15.1 Å². The summed E-state index contributed by atoms with van der Waals surface area (Å²) in [6, 6.07) is 14.7. The number of nitrogens with one attached hydrogen (secondary N) is 1. The Kier molecular flexibility index (Phi) is 13.0. The molecule has 226 valence electrons. The number of methoxy groups -OCH3 is 1. The van der Waals surface area contributed by atoms with Crippen molar-refractivity contribution in [3.63, 3.8) is 0 Å². The third-order valence-electron chi connectivity index (χ3n) is 7.46. The Labute approximate surface area is 243 Å². The van der Waals surface area contributed by atoms with Gasteiger partial charge in [0.25, 0.3) is 12.3 Å². The molecule has 0 bridgehead atoms. The van der Waals surface area contributed by atoms with Gasteiger partial charge in [-0.25, -0.2) is 8.78 Å². The fourth-order valence-corrected chi connectivity index (χ4v) is 4.66. The number of nitrogens with zero attached hydrogens (tertiary/aromatic N) is 2. The fraction of sp³-hybridized carbons (Fsp3) is 0.562. The molecule has 2 amide bonds. The number of carbonyl (C=O) groups is 2. The molecule has 1 unspecified atom stereocenters. The van der Waals surface area contributed by atoms with Crippen molar-refractivity contribution in [1.29, 1.82) is 0 Å². The standard InChI is InChI=1S/C16H23F2NO3.C16H22N2O/c1-11(2)19(3)16(20)12-6-7-13(15(17)18)14(10-12)22-9-5-8-21-4;19-16(10-13-4-2-1-3-5-13)18(15-6-7-15)12-14-8-9-17-11-14/h6-7,10-11,15H,5,8-9H2,1-4H3;1-5,14-15,17H,6-12H2. The minimum Gasteiger partial charge on any atom is -0.493 e. The smallest absolute Gasteiger partial charge is 0.267 e. The second-order valence-electron chi connectivity index (χ2n) is 11.1. The number of halogens is 2. The van der Waals surface area contributed by atoms with E-state index < -0.39 is 6.43 Å². The molecule has 1 heterocycles. The van der Waals surface area contributed by atoms with E-state index in [1.807, 2.05) is 44.2 Å². The Hall–Kier alpha value is -3.04. The number of hydrogen-bond acceptors (Lipinski definition) is 5. The predicted octanol–water partition coefficient (Wildman–Crippen LogP) is 5.35. The molecule has 1 atom stereocenters. The molecule has 9 heteroatoms. The van der Waals surface area contributed by atoms with Crippen molar-refractivity contribution in [2.75, 3.05) is 47.0 Å². The number of alkyl halides is 2. The Morgan fingerprint density at radius 3 is 2.37 bits per heavy atom. The minimum atomic E-state index is -2.65. The summed E-state index contributed by atoms with van der Waals surface area (Å²) in [6.45, 7) is 7.63. The molecule has 1 aliphatic heterocycles. The van der Waals surface area contributed by atoms with Gasteiger partial charge in [0, 0.05) is 51.4 Å². The van der Waals surface area contributed by atoms with E-state index in [2.05, 4.69) is 10.2 Å². The molecule has 4 rings (SSSR count). The zero-order chi connectivity index (χ0) is 29.8. The monoisotopic (exact) mass is 573 g/mol. The van der Waals surface area contributed by atoms with E-state index in [1.54, 1.807) is 19.1 Å². The first kappa shape index (κ1) is 32.5. The number of carbonyl (C=O) groups excluding carboxylic acids is 2. The van der Waals surface area contributed by atoms with Crippen LogP contribution in [0.4, 0.5) is 8.78 Å². The quantitative estimate of drug-likeness (QED) is 0.327. The Morgan fingerprint density at radius 2 is 1.78 bits per heavy atom. The van der Waals surface area contributed by atoms with Gasteiger partial charge in [-0.3, -0.25) is 9.59 Å². The van der Waals surface area contributed by atoms with E-state index in [9.17, 15) is 18.4 Å². The van der Waals surface area contributed by atoms with E-state index in [-0.39, 0.29) is 29.9 Å². The molecule has 2 aromatic carbocycles. The molecule has 1 N–H and O–H groups in total. The Bertz CT molecular complexity index is 1090. The predicted molar refractivity (Wildman–Crippen MR) is 156 cm³/mol. The molecular weight excluding hydrogens is 528 g/mol. The second-order valence-corrected chi connectivity index (χ2v) is 11.1. The van der Waals surface area contributed by atoms with E-state index in [0.29, 0.717) is 42.9 Å². The van der Waals surface area contributed by atoms with Crippen LogP contribution >= 0.6 is 0 Å². The summed E-state index contributed by atoms with van der Waals surface area (Å²) in [4.78, 5) is 28.4. The number of rotatable bonds is 13. The number of ether oxygens (including phenoxy) is 2. The van der Waals surface area contributed by atoms with Crippen molar-refractivity contribution in [3.8, 4) is 5.75 Å². The lowest BCUT2D eigenvalue weighted by Crippen LogP contribution is -2.38. The Morgan fingerprint density at radius 1 is 1.05 bits per heavy atom. The molecule has 0 aromatic heterocycles. The maximum Gasteiger partial charge on any atom is 0.267 e. The molecule has 0 spiro atoms. The van der Waals surface area contributed by atoms with Crippen LogP contribution in [0.3, 0.4) is 0 Å². The van der Waals surface area contributed by atoms with Crippen molar-refractivity contribution in [2.45, 2.75) is 64.5 Å². The summed E-state index contributed by atoms with van der Waals surface area (Å²) in [5.41, 5.74) is 1.26. The molecule has 1 saturated heterocycles. The van der Waals surface area contributed by atoms with Crippen molar-refractivity contribution in [3.05, 3.63) is 65.2 Å². The van der Waals surface area contributed by atoms with E-state index in [1.165, 1.54) is 37.5 Å². The van der Waals surface area contributed by atoms with Gasteiger partial charge in [-0.05, 0) is 75.9 Å². The second kappa shape index (κ2) is 16.4. The topological polar surface area (TPSA) is 71.1 Å². The zero-order valence-electron chi connectivity index (χ0n) is 24.8. The summed E-state index contributed by atoms with van der Waals surface area (Å²) in [5.74, 6) is 0.785. The van der Waals surface area contributed by atoms with Crippen LogP contribution in [-0.4, -0.2) is 80.7 Å². The van der Waals surface area contributed by atoms with Gasteiger partial charge >= 0.3 is 0 Å². The van der Waals surface area contributed by atoms with Gasteiger partial charge in [-0.15, -0.1) is 0 Å². The first-order chi connectivity index (χ1) is 19.7. The van der Waals surface area contributed by atoms with E-state index >= 15 is 0 Å². The highest BCUT2D eigenvalue weighted by Crippen LogP contribution is 2.31. The maximum atomic E-state index is 13.0. The van der Waals surface area contributed by atoms with Crippen LogP contribution in [0.5, 0.6) is 5.75 Å². The van der Waals surface area contributed by atoms with Crippen LogP contribution in [0.15, 0.2) is 48.5 Å². The van der Waals surface area contributed by atoms with Crippen LogP contribution in [0, 0.1) is 5.92 Å². The van der Waals surface area contributed by atoms with Gasteiger partial charge in [-0.2, -0.15) is 0 Å². The fourth-order valence-electron chi connectivity index (χ4n) is 4.66. The lowest BCUT2D eigenvalue weighted by atomic mass is 10.1. The van der Waals surface area contributed by atoms with E-state index in [4.69, 9.17) is 9.47 Å². The normalized spacial score (nSPS) is 16.3. The highest BCUT2D eigenvalue weighted by Gasteiger charge is 2.34. The average molecular weight is 574 g/mol. The molecule has 0 radical (unpaired) electrons. The van der Waals surface area contributed by atoms with E-state index in [0.717, 1.165) is 25.2 Å². The van der Waals surface area contributed by atoms with Gasteiger partial charge in [0.1, 0.15) is 5.75 Å². The Balaban J connectivity index is 0.000000227. The van der Waals surface area contributed by atoms with Crippen molar-refractivity contribution >= 4 is 11.8 Å². The highest BCUT2D eigenvalue weighted by atomic mass is 19.3. The lowest BCUT2D eigenvalue weighted by Gasteiger charge is -2.25. The number of hydrogen-bond donors (Lipinski definition) is 1. The first-order valence-electron chi connectivity index (χ1n) is 14.6. The highest BCUT2D eigenvalue weighted by molar-refractivity contribution is 5.94. The van der Waals surface area contributed by atoms with Gasteiger partial charge in [-0.1, -0.05) is 30.3 Å².